The molecule has 0 aromatic carbocycles. The summed E-state index contributed by atoms with van der Waals surface area (Å²) in [5.74, 6) is 2.15. The van der Waals surface area contributed by atoms with E-state index in [1.54, 1.807) is 0 Å². The molecule has 0 aliphatic carbocycles. The van der Waals surface area contributed by atoms with Crippen LogP contribution in [0.5, 0.6) is 0 Å². The second kappa shape index (κ2) is 5.08. The van der Waals surface area contributed by atoms with Gasteiger partial charge in [0.15, 0.2) is 0 Å². The summed E-state index contributed by atoms with van der Waals surface area (Å²) in [6, 6.07) is 0. The quantitative estimate of drug-likeness (QED) is 0.610. The summed E-state index contributed by atoms with van der Waals surface area (Å²) >= 11 is 1.96. The zero-order valence-corrected chi connectivity index (χ0v) is 9.42. The summed E-state index contributed by atoms with van der Waals surface area (Å²) in [4.78, 5) is 0. The van der Waals surface area contributed by atoms with Gasteiger partial charge in [0.1, 0.15) is 0 Å². The number of rotatable bonds is 5. The maximum absolute atomic E-state index is 2.38. The van der Waals surface area contributed by atoms with E-state index in [1.165, 1.54) is 18.6 Å². The molecular formula is C10H22S. The predicted octanol–water partition coefficient (Wildman–Crippen LogP) is 3.81. The molecule has 0 aliphatic rings. The smallest absolute Gasteiger partial charge is 0.00163 e. The van der Waals surface area contributed by atoms with Gasteiger partial charge in [-0.2, -0.15) is 11.8 Å². The van der Waals surface area contributed by atoms with E-state index in [2.05, 4.69) is 34.0 Å². The molecule has 0 rings (SSSR count). The van der Waals surface area contributed by atoms with Gasteiger partial charge in [-0.25, -0.2) is 0 Å². The van der Waals surface area contributed by atoms with Crippen molar-refractivity contribution in [3.63, 3.8) is 0 Å². The van der Waals surface area contributed by atoms with Crippen LogP contribution in [0.1, 0.15) is 40.5 Å². The van der Waals surface area contributed by atoms with Crippen LogP contribution in [0, 0.1) is 11.3 Å². The van der Waals surface area contributed by atoms with Gasteiger partial charge < -0.3 is 0 Å². The summed E-state index contributed by atoms with van der Waals surface area (Å²) in [7, 11) is 0. The highest BCUT2D eigenvalue weighted by Gasteiger charge is 2.23. The first-order valence-corrected chi connectivity index (χ1v) is 5.93. The van der Waals surface area contributed by atoms with Gasteiger partial charge in [-0.15, -0.1) is 0 Å². The van der Waals surface area contributed by atoms with Gasteiger partial charge in [0.05, 0.1) is 0 Å². The third-order valence-corrected chi connectivity index (χ3v) is 3.60. The van der Waals surface area contributed by atoms with Gasteiger partial charge in [-0.05, 0) is 23.3 Å². The van der Waals surface area contributed by atoms with Crippen molar-refractivity contribution in [1.29, 1.82) is 0 Å². The van der Waals surface area contributed by atoms with Crippen LogP contribution in [0.2, 0.25) is 0 Å². The van der Waals surface area contributed by atoms with Crippen LogP contribution < -0.4 is 0 Å². The molecule has 1 atom stereocenters. The third kappa shape index (κ3) is 4.05. The minimum Gasteiger partial charge on any atom is -0.165 e. The van der Waals surface area contributed by atoms with E-state index in [9.17, 15) is 0 Å². The zero-order chi connectivity index (χ0) is 8.91. The van der Waals surface area contributed by atoms with Crippen LogP contribution in [-0.4, -0.2) is 12.0 Å². The Morgan fingerprint density at radius 2 is 1.91 bits per heavy atom. The van der Waals surface area contributed by atoms with Crippen LogP contribution in [0.25, 0.3) is 0 Å². The number of hydrogen-bond acceptors (Lipinski definition) is 1. The van der Waals surface area contributed by atoms with Gasteiger partial charge in [-0.3, -0.25) is 0 Å². The van der Waals surface area contributed by atoms with Gasteiger partial charge in [0, 0.05) is 0 Å². The standard InChI is InChI=1S/C10H22S/c1-6-7-9(2)10(3,4)8-11-5/h9H,6-8H2,1-5H3. The fourth-order valence-electron chi connectivity index (χ4n) is 1.34. The van der Waals surface area contributed by atoms with Gasteiger partial charge >= 0.3 is 0 Å². The van der Waals surface area contributed by atoms with E-state index in [-0.39, 0.29) is 0 Å². The van der Waals surface area contributed by atoms with E-state index in [0.717, 1.165) is 5.92 Å². The molecule has 0 amide bonds. The molecule has 0 heterocycles. The van der Waals surface area contributed by atoms with Crippen molar-refractivity contribution >= 4 is 11.8 Å². The third-order valence-electron chi connectivity index (χ3n) is 2.57. The molecule has 0 saturated carbocycles. The Bertz CT molecular complexity index is 97.0. The summed E-state index contributed by atoms with van der Waals surface area (Å²) in [6.45, 7) is 9.40. The molecule has 0 aliphatic heterocycles. The highest BCUT2D eigenvalue weighted by atomic mass is 32.2. The van der Waals surface area contributed by atoms with E-state index in [0.29, 0.717) is 5.41 Å². The Morgan fingerprint density at radius 3 is 2.27 bits per heavy atom. The van der Waals surface area contributed by atoms with Crippen molar-refractivity contribution in [3.05, 3.63) is 0 Å². The zero-order valence-electron chi connectivity index (χ0n) is 8.61. The Balaban J connectivity index is 3.83. The topological polar surface area (TPSA) is 0 Å². The lowest BCUT2D eigenvalue weighted by Crippen LogP contribution is -2.24. The molecule has 11 heavy (non-hydrogen) atoms. The monoisotopic (exact) mass is 174 g/mol. The van der Waals surface area contributed by atoms with Crippen LogP contribution in [0.15, 0.2) is 0 Å². The average molecular weight is 174 g/mol. The molecule has 0 aromatic heterocycles. The molecular weight excluding hydrogens is 152 g/mol. The van der Waals surface area contributed by atoms with Crippen molar-refractivity contribution in [2.45, 2.75) is 40.5 Å². The Morgan fingerprint density at radius 1 is 1.36 bits per heavy atom. The first-order valence-electron chi connectivity index (χ1n) is 4.53. The van der Waals surface area contributed by atoms with Crippen LogP contribution in [0.4, 0.5) is 0 Å². The highest BCUT2D eigenvalue weighted by Crippen LogP contribution is 2.32. The SMILES string of the molecule is CCCC(C)C(C)(C)CSC. The Labute approximate surface area is 76.1 Å². The lowest BCUT2D eigenvalue weighted by atomic mass is 9.79. The average Bonchev–Trinajstić information content (AvgIpc) is 1.88. The Kier molecular flexibility index (Phi) is 5.24. The summed E-state index contributed by atoms with van der Waals surface area (Å²) in [5.41, 5.74) is 0.523. The molecule has 0 bridgehead atoms. The fourth-order valence-corrected chi connectivity index (χ4v) is 2.37. The Hall–Kier alpha value is 0.350. The molecule has 1 unspecified atom stereocenters. The largest absolute Gasteiger partial charge is 0.165 e. The van der Waals surface area contributed by atoms with E-state index >= 15 is 0 Å². The van der Waals surface area contributed by atoms with Crippen molar-refractivity contribution in [2.75, 3.05) is 12.0 Å². The highest BCUT2D eigenvalue weighted by molar-refractivity contribution is 7.98. The number of hydrogen-bond donors (Lipinski definition) is 0. The van der Waals surface area contributed by atoms with E-state index < -0.39 is 0 Å². The molecule has 0 N–H and O–H groups in total. The molecule has 0 radical (unpaired) electrons. The summed E-state index contributed by atoms with van der Waals surface area (Å²) < 4.78 is 0. The lowest BCUT2D eigenvalue weighted by Gasteiger charge is -2.30. The first-order chi connectivity index (χ1) is 5.04. The van der Waals surface area contributed by atoms with Crippen LogP contribution >= 0.6 is 11.8 Å². The second-order valence-electron chi connectivity index (χ2n) is 4.11. The lowest BCUT2D eigenvalue weighted by molar-refractivity contribution is 0.252. The molecule has 0 fully saturated rings. The second-order valence-corrected chi connectivity index (χ2v) is 4.98. The van der Waals surface area contributed by atoms with Crippen molar-refractivity contribution in [1.82, 2.24) is 0 Å². The summed E-state index contributed by atoms with van der Waals surface area (Å²) in [6.07, 6.45) is 4.88. The predicted molar refractivity (Wildman–Crippen MR) is 56.2 cm³/mol. The minimum atomic E-state index is 0.523. The van der Waals surface area contributed by atoms with E-state index in [4.69, 9.17) is 0 Å². The molecule has 0 saturated heterocycles. The normalized spacial score (nSPS) is 15.0. The molecule has 0 spiro atoms. The maximum atomic E-state index is 2.38. The molecule has 0 nitrogen and oxygen atoms in total. The van der Waals surface area contributed by atoms with Gasteiger partial charge in [0.2, 0.25) is 0 Å². The van der Waals surface area contributed by atoms with Crippen molar-refractivity contribution in [3.8, 4) is 0 Å². The van der Waals surface area contributed by atoms with Gasteiger partial charge in [-0.1, -0.05) is 40.5 Å². The maximum Gasteiger partial charge on any atom is -0.00163 e. The van der Waals surface area contributed by atoms with Crippen molar-refractivity contribution in [2.24, 2.45) is 11.3 Å². The van der Waals surface area contributed by atoms with Crippen molar-refractivity contribution < 1.29 is 0 Å². The minimum absolute atomic E-state index is 0.523. The molecule has 68 valence electrons. The fraction of sp³-hybridized carbons (Fsp3) is 1.00. The number of thioether (sulfide) groups is 1. The van der Waals surface area contributed by atoms with E-state index in [1.807, 2.05) is 11.8 Å². The summed E-state index contributed by atoms with van der Waals surface area (Å²) in [5, 5.41) is 0. The molecule has 0 aromatic rings. The van der Waals surface area contributed by atoms with Crippen LogP contribution in [0.3, 0.4) is 0 Å². The van der Waals surface area contributed by atoms with Crippen LogP contribution in [-0.2, 0) is 0 Å². The molecule has 1 heteroatoms. The first kappa shape index (κ1) is 11.4. The van der Waals surface area contributed by atoms with Gasteiger partial charge in [0.25, 0.3) is 0 Å².